The third kappa shape index (κ3) is 3.88. The summed E-state index contributed by atoms with van der Waals surface area (Å²) in [5.74, 6) is 0. The molecular formula is C23H21BN2O6. The zero-order chi connectivity index (χ0) is 23.0. The highest BCUT2D eigenvalue weighted by molar-refractivity contribution is 6.63. The van der Waals surface area contributed by atoms with Crippen molar-refractivity contribution >= 4 is 24.0 Å². The van der Waals surface area contributed by atoms with Crippen LogP contribution < -0.4 is 5.46 Å². The molecule has 0 aromatic heterocycles. The van der Waals surface area contributed by atoms with Crippen molar-refractivity contribution in [3.63, 3.8) is 0 Å². The fraction of sp³-hybridized carbons (Fsp3) is 0.217. The van der Waals surface area contributed by atoms with Crippen molar-refractivity contribution in [3.8, 4) is 0 Å². The van der Waals surface area contributed by atoms with Gasteiger partial charge < -0.3 is 9.31 Å². The molecule has 1 fully saturated rings. The van der Waals surface area contributed by atoms with E-state index in [-0.39, 0.29) is 11.4 Å². The lowest BCUT2D eigenvalue weighted by molar-refractivity contribution is -0.387. The summed E-state index contributed by atoms with van der Waals surface area (Å²) in [6, 6.07) is 16.5. The number of benzene rings is 3. The molecule has 4 rings (SSSR count). The highest BCUT2D eigenvalue weighted by Gasteiger charge is 2.47. The molecule has 3 aromatic carbocycles. The number of hydrogen-bond donors (Lipinski definition) is 0. The standard InChI is InChI=1S/C23H21BN2O6/c1-14-12-15(2)21(16(3)13-14)24-31-22(17-8-4-6-10-19(17)25(27)28)23(32-24)18-9-5-7-11-20(18)26(29)30/h4-13,22-23H,1-3H3/t22-,23-/m0/s1. The van der Waals surface area contributed by atoms with Crippen LogP contribution >= 0.6 is 0 Å². The number of nitro groups is 2. The molecule has 1 aliphatic rings. The molecule has 0 bridgehead atoms. The van der Waals surface area contributed by atoms with Gasteiger partial charge >= 0.3 is 7.12 Å². The van der Waals surface area contributed by atoms with Gasteiger partial charge in [-0.3, -0.25) is 20.2 Å². The Morgan fingerprint density at radius 1 is 0.750 bits per heavy atom. The smallest absolute Gasteiger partial charge is 0.397 e. The molecule has 0 spiro atoms. The van der Waals surface area contributed by atoms with Gasteiger partial charge in [-0.15, -0.1) is 0 Å². The van der Waals surface area contributed by atoms with Gasteiger partial charge in [-0.2, -0.15) is 0 Å². The van der Waals surface area contributed by atoms with Crippen molar-refractivity contribution in [3.05, 3.63) is 109 Å². The lowest BCUT2D eigenvalue weighted by Gasteiger charge is -2.19. The summed E-state index contributed by atoms with van der Waals surface area (Å²) in [6.45, 7) is 5.88. The Hall–Kier alpha value is -3.56. The fourth-order valence-electron chi connectivity index (χ4n) is 4.40. The maximum absolute atomic E-state index is 11.7. The van der Waals surface area contributed by atoms with E-state index in [4.69, 9.17) is 9.31 Å². The molecule has 8 nitrogen and oxygen atoms in total. The number of rotatable bonds is 5. The van der Waals surface area contributed by atoms with Crippen LogP contribution in [0.1, 0.15) is 40.0 Å². The number of para-hydroxylation sites is 2. The van der Waals surface area contributed by atoms with Crippen molar-refractivity contribution in [1.82, 2.24) is 0 Å². The van der Waals surface area contributed by atoms with Crippen LogP contribution in [-0.2, 0) is 9.31 Å². The van der Waals surface area contributed by atoms with Gasteiger partial charge in [0.1, 0.15) is 12.2 Å². The van der Waals surface area contributed by atoms with E-state index in [9.17, 15) is 20.2 Å². The van der Waals surface area contributed by atoms with Crippen LogP contribution in [0, 0.1) is 41.0 Å². The zero-order valence-electron chi connectivity index (χ0n) is 17.8. The molecule has 0 N–H and O–H groups in total. The minimum Gasteiger partial charge on any atom is -0.397 e. The van der Waals surface area contributed by atoms with Gasteiger partial charge in [0, 0.05) is 12.1 Å². The molecule has 0 aliphatic carbocycles. The monoisotopic (exact) mass is 432 g/mol. The summed E-state index contributed by atoms with van der Waals surface area (Å²) < 4.78 is 12.6. The quantitative estimate of drug-likeness (QED) is 0.330. The Labute approximate surface area is 185 Å². The molecule has 32 heavy (non-hydrogen) atoms. The van der Waals surface area contributed by atoms with E-state index >= 15 is 0 Å². The number of aryl methyl sites for hydroxylation is 3. The molecule has 1 aliphatic heterocycles. The Morgan fingerprint density at radius 3 is 1.56 bits per heavy atom. The molecule has 3 aromatic rings. The maximum Gasteiger partial charge on any atom is 0.495 e. The molecule has 1 saturated heterocycles. The van der Waals surface area contributed by atoms with Crippen LogP contribution in [0.2, 0.25) is 0 Å². The molecule has 2 atom stereocenters. The predicted molar refractivity (Wildman–Crippen MR) is 120 cm³/mol. The van der Waals surface area contributed by atoms with Crippen molar-refractivity contribution in [2.24, 2.45) is 0 Å². The Bertz CT molecular complexity index is 1130. The Morgan fingerprint density at radius 2 is 1.16 bits per heavy atom. The molecule has 9 heteroatoms. The third-order valence-corrected chi connectivity index (χ3v) is 5.67. The molecule has 0 unspecified atom stereocenters. The summed E-state index contributed by atoms with van der Waals surface area (Å²) in [6.07, 6.45) is -1.80. The van der Waals surface area contributed by atoms with E-state index in [2.05, 4.69) is 0 Å². The topological polar surface area (TPSA) is 105 Å². The van der Waals surface area contributed by atoms with Crippen LogP contribution in [-0.4, -0.2) is 17.0 Å². The summed E-state index contributed by atoms with van der Waals surface area (Å²) in [4.78, 5) is 22.4. The van der Waals surface area contributed by atoms with E-state index in [1.807, 2.05) is 32.9 Å². The van der Waals surface area contributed by atoms with Crippen LogP contribution in [0.15, 0.2) is 60.7 Å². The first-order valence-corrected chi connectivity index (χ1v) is 10.1. The van der Waals surface area contributed by atoms with Gasteiger partial charge in [-0.05, 0) is 38.4 Å². The molecule has 1 heterocycles. The van der Waals surface area contributed by atoms with Crippen LogP contribution in [0.3, 0.4) is 0 Å². The van der Waals surface area contributed by atoms with Gasteiger partial charge in [0.25, 0.3) is 11.4 Å². The largest absolute Gasteiger partial charge is 0.495 e. The lowest BCUT2D eigenvalue weighted by atomic mass is 9.73. The second kappa shape index (κ2) is 8.53. The lowest BCUT2D eigenvalue weighted by Crippen LogP contribution is -2.36. The SMILES string of the molecule is Cc1cc(C)c(B2O[C@@H](c3ccccc3[N+](=O)[O-])[C@H](c3ccccc3[N+](=O)[O-])O2)c(C)c1. The average Bonchev–Trinajstić information content (AvgIpc) is 3.17. The predicted octanol–water partition coefficient (Wildman–Crippen LogP) is 4.65. The van der Waals surface area contributed by atoms with Crippen LogP contribution in [0.4, 0.5) is 11.4 Å². The molecule has 0 amide bonds. The number of hydrogen-bond acceptors (Lipinski definition) is 6. The summed E-state index contributed by atoms with van der Waals surface area (Å²) in [5.41, 5.74) is 4.20. The van der Waals surface area contributed by atoms with E-state index in [0.717, 1.165) is 22.2 Å². The third-order valence-electron chi connectivity index (χ3n) is 5.67. The van der Waals surface area contributed by atoms with E-state index < -0.39 is 29.2 Å². The van der Waals surface area contributed by atoms with Gasteiger partial charge in [0.05, 0.1) is 21.0 Å². The molecule has 162 valence electrons. The van der Waals surface area contributed by atoms with Crippen molar-refractivity contribution in [1.29, 1.82) is 0 Å². The second-order valence-corrected chi connectivity index (χ2v) is 7.89. The van der Waals surface area contributed by atoms with E-state index in [0.29, 0.717) is 11.1 Å². The minimum absolute atomic E-state index is 0.123. The minimum atomic E-state index is -0.900. The van der Waals surface area contributed by atoms with E-state index in [1.165, 1.54) is 12.1 Å². The Kier molecular flexibility index (Phi) is 5.77. The highest BCUT2D eigenvalue weighted by atomic mass is 16.7. The highest BCUT2D eigenvalue weighted by Crippen LogP contribution is 2.46. The first-order valence-electron chi connectivity index (χ1n) is 10.1. The van der Waals surface area contributed by atoms with Gasteiger partial charge in [0.15, 0.2) is 0 Å². The first kappa shape index (κ1) is 21.7. The van der Waals surface area contributed by atoms with Crippen molar-refractivity contribution in [2.45, 2.75) is 33.0 Å². The van der Waals surface area contributed by atoms with Crippen LogP contribution in [0.25, 0.3) is 0 Å². The number of nitrogens with zero attached hydrogens (tertiary/aromatic N) is 2. The van der Waals surface area contributed by atoms with Crippen molar-refractivity contribution < 1.29 is 19.2 Å². The Balaban J connectivity index is 1.87. The van der Waals surface area contributed by atoms with Crippen LogP contribution in [0.5, 0.6) is 0 Å². The second-order valence-electron chi connectivity index (χ2n) is 7.89. The van der Waals surface area contributed by atoms with Gasteiger partial charge in [0.2, 0.25) is 0 Å². The first-order chi connectivity index (χ1) is 15.3. The van der Waals surface area contributed by atoms with E-state index in [1.54, 1.807) is 36.4 Å². The van der Waals surface area contributed by atoms with Crippen molar-refractivity contribution in [2.75, 3.05) is 0 Å². The summed E-state index contributed by atoms with van der Waals surface area (Å²) >= 11 is 0. The zero-order valence-corrected chi connectivity index (χ0v) is 17.8. The molecule has 0 radical (unpaired) electrons. The number of nitro benzene ring substituents is 2. The molecule has 0 saturated carbocycles. The fourth-order valence-corrected chi connectivity index (χ4v) is 4.40. The average molecular weight is 432 g/mol. The van der Waals surface area contributed by atoms with Gasteiger partial charge in [-0.25, -0.2) is 0 Å². The summed E-state index contributed by atoms with van der Waals surface area (Å²) in [7, 11) is -0.828. The summed E-state index contributed by atoms with van der Waals surface area (Å²) in [5, 5.41) is 23.4. The maximum atomic E-state index is 11.7. The van der Waals surface area contributed by atoms with Gasteiger partial charge in [-0.1, -0.05) is 53.1 Å². The normalized spacial score (nSPS) is 18.0. The molecular weight excluding hydrogens is 411 g/mol.